The maximum Gasteiger partial charge on any atom is 0.326 e. The number of carboxylic acids is 1. The highest BCUT2D eigenvalue weighted by Gasteiger charge is 2.22. The Morgan fingerprint density at radius 2 is 1.86 bits per heavy atom. The number of unbranched alkanes of at least 4 members (excludes halogenated alkanes) is 1. The van der Waals surface area contributed by atoms with E-state index < -0.39 is 21.8 Å². The average molecular weight is 336 g/mol. The van der Waals surface area contributed by atoms with Crippen LogP contribution >= 0.6 is 0 Å². The Bertz CT molecular complexity index is 450. The first-order chi connectivity index (χ1) is 10.2. The molecule has 0 bridgehead atoms. The maximum absolute atomic E-state index is 11.8. The quantitative estimate of drug-likeness (QED) is 0.538. The van der Waals surface area contributed by atoms with Gasteiger partial charge in [-0.3, -0.25) is 4.79 Å². The van der Waals surface area contributed by atoms with E-state index in [4.69, 9.17) is 5.11 Å². The van der Waals surface area contributed by atoms with Crippen LogP contribution in [0.5, 0.6) is 0 Å². The van der Waals surface area contributed by atoms with Gasteiger partial charge in [-0.2, -0.15) is 0 Å². The van der Waals surface area contributed by atoms with Crippen molar-refractivity contribution in [3.8, 4) is 0 Å². The molecule has 1 amide bonds. The summed E-state index contributed by atoms with van der Waals surface area (Å²) in [6.07, 6.45) is 2.21. The summed E-state index contributed by atoms with van der Waals surface area (Å²) in [5, 5.41) is 11.5. The number of amides is 1. The zero-order valence-corrected chi connectivity index (χ0v) is 14.5. The molecule has 0 radical (unpaired) electrons. The third-order valence-corrected chi connectivity index (χ3v) is 5.14. The van der Waals surface area contributed by atoms with Crippen molar-refractivity contribution < 1.29 is 23.1 Å². The van der Waals surface area contributed by atoms with Crippen molar-refractivity contribution in [3.63, 3.8) is 0 Å². The number of carboxylic acid groups (broad SMARTS) is 1. The minimum atomic E-state index is -3.24. The van der Waals surface area contributed by atoms with E-state index in [0.29, 0.717) is 6.54 Å². The molecule has 0 saturated heterocycles. The molecule has 7 nitrogen and oxygen atoms in total. The molecule has 2 N–H and O–H groups in total. The normalized spacial score (nSPS) is 13.1. The lowest BCUT2D eigenvalue weighted by Crippen LogP contribution is -2.43. The first-order valence-corrected chi connectivity index (χ1v) is 9.45. The van der Waals surface area contributed by atoms with Crippen LogP contribution < -0.4 is 5.32 Å². The van der Waals surface area contributed by atoms with Crippen molar-refractivity contribution in [3.05, 3.63) is 0 Å². The van der Waals surface area contributed by atoms with Crippen molar-refractivity contribution >= 4 is 21.7 Å². The molecule has 0 aliphatic rings. The van der Waals surface area contributed by atoms with Crippen molar-refractivity contribution in [2.45, 2.75) is 45.6 Å². The molecule has 1 unspecified atom stereocenters. The molecule has 0 aliphatic carbocycles. The van der Waals surface area contributed by atoms with Gasteiger partial charge in [0.25, 0.3) is 0 Å². The lowest BCUT2D eigenvalue weighted by atomic mass is 10.2. The van der Waals surface area contributed by atoms with E-state index in [1.807, 2.05) is 11.9 Å². The monoisotopic (exact) mass is 336 g/mol. The molecule has 0 aromatic carbocycles. The second-order valence-electron chi connectivity index (χ2n) is 5.39. The van der Waals surface area contributed by atoms with Crippen molar-refractivity contribution in [1.82, 2.24) is 10.2 Å². The molecule has 130 valence electrons. The summed E-state index contributed by atoms with van der Waals surface area (Å²) < 4.78 is 22.8. The largest absolute Gasteiger partial charge is 0.480 e. The number of rotatable bonds is 12. The van der Waals surface area contributed by atoms with E-state index in [2.05, 4.69) is 12.2 Å². The molecule has 0 rings (SSSR count). The van der Waals surface area contributed by atoms with E-state index in [0.717, 1.165) is 19.4 Å². The van der Waals surface area contributed by atoms with Crippen LogP contribution in [0.2, 0.25) is 0 Å². The molecule has 0 aliphatic heterocycles. The van der Waals surface area contributed by atoms with Gasteiger partial charge in [0.1, 0.15) is 15.9 Å². The van der Waals surface area contributed by atoms with Gasteiger partial charge >= 0.3 is 5.97 Å². The SMILES string of the molecule is CCCCN(C)CCC(=O)NC(CCS(=O)(=O)CC)C(=O)O. The van der Waals surface area contributed by atoms with Gasteiger partial charge in [0.2, 0.25) is 5.91 Å². The number of carbonyl (C=O) groups is 2. The van der Waals surface area contributed by atoms with Gasteiger partial charge in [-0.05, 0) is 26.4 Å². The van der Waals surface area contributed by atoms with Gasteiger partial charge in [0.15, 0.2) is 0 Å². The summed E-state index contributed by atoms with van der Waals surface area (Å²) in [6.45, 7) is 5.03. The smallest absolute Gasteiger partial charge is 0.326 e. The van der Waals surface area contributed by atoms with Crippen LogP contribution in [0.15, 0.2) is 0 Å². The number of hydrogen-bond donors (Lipinski definition) is 2. The molecule has 8 heteroatoms. The average Bonchev–Trinajstić information content (AvgIpc) is 2.46. The van der Waals surface area contributed by atoms with Crippen LogP contribution in [0.1, 0.15) is 39.5 Å². The molecule has 0 heterocycles. The molecule has 22 heavy (non-hydrogen) atoms. The van der Waals surface area contributed by atoms with Crippen LogP contribution in [0.3, 0.4) is 0 Å². The van der Waals surface area contributed by atoms with E-state index in [-0.39, 0.29) is 30.3 Å². The third kappa shape index (κ3) is 9.73. The van der Waals surface area contributed by atoms with Crippen LogP contribution in [0.4, 0.5) is 0 Å². The van der Waals surface area contributed by atoms with Gasteiger partial charge in [-0.1, -0.05) is 20.3 Å². The summed E-state index contributed by atoms with van der Waals surface area (Å²) in [7, 11) is -1.33. The highest BCUT2D eigenvalue weighted by molar-refractivity contribution is 7.91. The van der Waals surface area contributed by atoms with Crippen molar-refractivity contribution in [2.75, 3.05) is 31.6 Å². The molecule has 0 spiro atoms. The predicted molar refractivity (Wildman–Crippen MR) is 85.5 cm³/mol. The van der Waals surface area contributed by atoms with E-state index >= 15 is 0 Å². The molecule has 1 atom stereocenters. The second-order valence-corrected chi connectivity index (χ2v) is 7.86. The van der Waals surface area contributed by atoms with Gasteiger partial charge in [-0.25, -0.2) is 13.2 Å². The number of aliphatic carboxylic acids is 1. The Morgan fingerprint density at radius 1 is 1.23 bits per heavy atom. The van der Waals surface area contributed by atoms with E-state index in [1.54, 1.807) is 0 Å². The summed E-state index contributed by atoms with van der Waals surface area (Å²) >= 11 is 0. The Labute approximate surface area is 133 Å². The number of hydrogen-bond acceptors (Lipinski definition) is 5. The zero-order valence-electron chi connectivity index (χ0n) is 13.7. The van der Waals surface area contributed by atoms with Gasteiger partial charge in [0.05, 0.1) is 5.75 Å². The lowest BCUT2D eigenvalue weighted by molar-refractivity contribution is -0.141. The lowest BCUT2D eigenvalue weighted by Gasteiger charge is -2.18. The molecular formula is C14H28N2O5S. The minimum Gasteiger partial charge on any atom is -0.480 e. The highest BCUT2D eigenvalue weighted by Crippen LogP contribution is 2.01. The minimum absolute atomic E-state index is 0.0322. The van der Waals surface area contributed by atoms with Gasteiger partial charge in [-0.15, -0.1) is 0 Å². The predicted octanol–water partition coefficient (Wildman–Crippen LogP) is 0.503. The molecule has 0 fully saturated rings. The topological polar surface area (TPSA) is 104 Å². The number of sulfone groups is 1. The number of nitrogens with one attached hydrogen (secondary N) is 1. The van der Waals surface area contributed by atoms with Gasteiger partial charge in [0, 0.05) is 18.7 Å². The van der Waals surface area contributed by atoms with E-state index in [1.165, 1.54) is 6.92 Å². The Kier molecular flexibility index (Phi) is 10.0. The zero-order chi connectivity index (χ0) is 17.2. The summed E-state index contributed by atoms with van der Waals surface area (Å²) in [5.41, 5.74) is 0. The van der Waals surface area contributed by atoms with Crippen LogP contribution in [0.25, 0.3) is 0 Å². The van der Waals surface area contributed by atoms with Gasteiger partial charge < -0.3 is 15.3 Å². The summed E-state index contributed by atoms with van der Waals surface area (Å²) in [5.74, 6) is -1.85. The first kappa shape index (κ1) is 20.9. The fraction of sp³-hybridized carbons (Fsp3) is 0.857. The highest BCUT2D eigenvalue weighted by atomic mass is 32.2. The fourth-order valence-electron chi connectivity index (χ4n) is 1.80. The summed E-state index contributed by atoms with van der Waals surface area (Å²) in [4.78, 5) is 24.9. The van der Waals surface area contributed by atoms with Crippen LogP contribution in [0, 0.1) is 0 Å². The molecular weight excluding hydrogens is 308 g/mol. The molecule has 0 saturated carbocycles. The van der Waals surface area contributed by atoms with Crippen molar-refractivity contribution in [2.24, 2.45) is 0 Å². The number of carbonyl (C=O) groups excluding carboxylic acids is 1. The second kappa shape index (κ2) is 10.6. The van der Waals surface area contributed by atoms with E-state index in [9.17, 15) is 18.0 Å². The maximum atomic E-state index is 11.8. The first-order valence-electron chi connectivity index (χ1n) is 7.63. The molecule has 0 aromatic heterocycles. The van der Waals surface area contributed by atoms with Crippen LogP contribution in [-0.2, 0) is 19.4 Å². The number of nitrogens with zero attached hydrogens (tertiary/aromatic N) is 1. The fourth-order valence-corrected chi connectivity index (χ4v) is 2.68. The Balaban J connectivity index is 4.27. The Hall–Kier alpha value is -1.15. The van der Waals surface area contributed by atoms with Crippen LogP contribution in [-0.4, -0.2) is 68.0 Å². The Morgan fingerprint density at radius 3 is 2.36 bits per heavy atom. The van der Waals surface area contributed by atoms with Crippen molar-refractivity contribution in [1.29, 1.82) is 0 Å². The molecule has 0 aromatic rings. The summed E-state index contributed by atoms with van der Waals surface area (Å²) in [6, 6.07) is -1.16. The standard InChI is InChI=1S/C14H28N2O5S/c1-4-6-9-16(3)10-7-13(17)15-12(14(18)19)8-11-22(20,21)5-2/h12H,4-11H2,1-3H3,(H,15,17)(H,18,19). The third-order valence-electron chi connectivity index (χ3n) is 3.40.